The monoisotopic (exact) mass is 426 g/mol. The summed E-state index contributed by atoms with van der Waals surface area (Å²) in [6.07, 6.45) is 0.768. The maximum absolute atomic E-state index is 11.5. The Kier molecular flexibility index (Phi) is 10.7. The third-order valence-electron chi connectivity index (χ3n) is 3.72. The second-order valence-electron chi connectivity index (χ2n) is 5.97. The number of ether oxygens (including phenoxy) is 4. The first-order valence-corrected chi connectivity index (χ1v) is 9.51. The van der Waals surface area contributed by atoms with Gasteiger partial charge < -0.3 is 29.2 Å². The van der Waals surface area contributed by atoms with E-state index in [0.717, 1.165) is 6.07 Å². The molecule has 0 aliphatic heterocycles. The second kappa shape index (κ2) is 13.0. The van der Waals surface area contributed by atoms with E-state index in [-0.39, 0.29) is 74.7 Å². The topological polar surface area (TPSA) is 146 Å². The number of aromatic carboxylic acids is 2. The molecule has 0 aromatic heterocycles. The summed E-state index contributed by atoms with van der Waals surface area (Å²) < 4.78 is 20.5. The molecule has 30 heavy (non-hydrogen) atoms. The highest BCUT2D eigenvalue weighted by Gasteiger charge is 2.21. The van der Waals surface area contributed by atoms with E-state index in [4.69, 9.17) is 18.9 Å². The van der Waals surface area contributed by atoms with E-state index >= 15 is 0 Å². The minimum atomic E-state index is -1.37. The fourth-order valence-electron chi connectivity index (χ4n) is 2.40. The Balaban J connectivity index is 2.86. The summed E-state index contributed by atoms with van der Waals surface area (Å²) in [6, 6.07) is 2.13. The molecule has 1 aromatic rings. The fraction of sp³-hybridized carbons (Fsp3) is 0.500. The molecule has 0 spiro atoms. The highest BCUT2D eigenvalue weighted by molar-refractivity contribution is 5.98. The van der Waals surface area contributed by atoms with Gasteiger partial charge >= 0.3 is 23.9 Å². The molecule has 10 nitrogen and oxygen atoms in total. The van der Waals surface area contributed by atoms with Crippen molar-refractivity contribution in [2.75, 3.05) is 26.4 Å². The lowest BCUT2D eigenvalue weighted by Gasteiger charge is -2.14. The lowest BCUT2D eigenvalue weighted by molar-refractivity contribution is -0.144. The molecule has 0 saturated carbocycles. The third kappa shape index (κ3) is 8.38. The first kappa shape index (κ1) is 24.7. The normalized spacial score (nSPS) is 10.2. The van der Waals surface area contributed by atoms with Gasteiger partial charge in [-0.05, 0) is 32.8 Å². The van der Waals surface area contributed by atoms with Crippen molar-refractivity contribution in [1.82, 2.24) is 0 Å². The van der Waals surface area contributed by atoms with E-state index in [1.165, 1.54) is 6.07 Å². The molecule has 0 atom stereocenters. The van der Waals surface area contributed by atoms with E-state index in [9.17, 15) is 29.4 Å². The predicted octanol–water partition coefficient (Wildman–Crippen LogP) is 2.53. The van der Waals surface area contributed by atoms with Gasteiger partial charge in [-0.15, -0.1) is 0 Å². The Morgan fingerprint density at radius 2 is 1.13 bits per heavy atom. The zero-order valence-corrected chi connectivity index (χ0v) is 17.0. The van der Waals surface area contributed by atoms with Crippen LogP contribution in [-0.2, 0) is 19.1 Å². The van der Waals surface area contributed by atoms with Crippen LogP contribution in [0.25, 0.3) is 0 Å². The molecule has 1 rings (SSSR count). The second-order valence-corrected chi connectivity index (χ2v) is 5.97. The average Bonchev–Trinajstić information content (AvgIpc) is 2.68. The van der Waals surface area contributed by atoms with E-state index in [1.807, 2.05) is 0 Å². The van der Waals surface area contributed by atoms with Crippen LogP contribution in [0, 0.1) is 0 Å². The van der Waals surface area contributed by atoms with Gasteiger partial charge in [-0.1, -0.05) is 0 Å². The minimum Gasteiger partial charge on any atom is -0.493 e. The van der Waals surface area contributed by atoms with Gasteiger partial charge in [-0.25, -0.2) is 9.59 Å². The Morgan fingerprint density at radius 1 is 0.733 bits per heavy atom. The maximum atomic E-state index is 11.5. The number of carbonyl (C=O) groups is 4. The van der Waals surface area contributed by atoms with Crippen LogP contribution in [0.2, 0.25) is 0 Å². The molecule has 0 radical (unpaired) electrons. The van der Waals surface area contributed by atoms with Crippen molar-refractivity contribution >= 4 is 23.9 Å². The highest BCUT2D eigenvalue weighted by atomic mass is 16.5. The van der Waals surface area contributed by atoms with Crippen molar-refractivity contribution in [2.24, 2.45) is 0 Å². The van der Waals surface area contributed by atoms with E-state index in [2.05, 4.69) is 0 Å². The number of hydrogen-bond donors (Lipinski definition) is 2. The molecule has 0 unspecified atom stereocenters. The molecular weight excluding hydrogens is 400 g/mol. The van der Waals surface area contributed by atoms with Crippen LogP contribution in [0.1, 0.15) is 60.2 Å². The molecule has 0 saturated heterocycles. The maximum Gasteiger partial charge on any atom is 0.339 e. The van der Waals surface area contributed by atoms with Gasteiger partial charge in [0.05, 0.1) is 26.4 Å². The molecule has 0 aliphatic rings. The molecule has 0 fully saturated rings. The molecule has 0 amide bonds. The number of carboxylic acids is 2. The average molecular weight is 426 g/mol. The van der Waals surface area contributed by atoms with Crippen LogP contribution >= 0.6 is 0 Å². The van der Waals surface area contributed by atoms with Gasteiger partial charge in [-0.3, -0.25) is 9.59 Å². The summed E-state index contributed by atoms with van der Waals surface area (Å²) in [7, 11) is 0. The molecule has 166 valence electrons. The van der Waals surface area contributed by atoms with Gasteiger partial charge in [0, 0.05) is 18.9 Å². The summed E-state index contributed by atoms with van der Waals surface area (Å²) >= 11 is 0. The van der Waals surface area contributed by atoms with Gasteiger partial charge in [-0.2, -0.15) is 0 Å². The summed E-state index contributed by atoms with van der Waals surface area (Å²) in [5.41, 5.74) is -0.690. The molecule has 2 N–H and O–H groups in total. The van der Waals surface area contributed by atoms with Crippen molar-refractivity contribution in [2.45, 2.75) is 39.5 Å². The summed E-state index contributed by atoms with van der Waals surface area (Å²) in [6.45, 7) is 3.94. The number of esters is 2. The third-order valence-corrected chi connectivity index (χ3v) is 3.72. The zero-order valence-electron chi connectivity index (χ0n) is 17.0. The summed E-state index contributed by atoms with van der Waals surface area (Å²) in [4.78, 5) is 45.7. The Morgan fingerprint density at radius 3 is 1.47 bits per heavy atom. The molecule has 0 heterocycles. The van der Waals surface area contributed by atoms with Crippen LogP contribution in [-0.4, -0.2) is 60.5 Å². The Bertz CT molecular complexity index is 697. The molecule has 0 aliphatic carbocycles. The van der Waals surface area contributed by atoms with E-state index in [1.54, 1.807) is 13.8 Å². The largest absolute Gasteiger partial charge is 0.493 e. The van der Waals surface area contributed by atoms with Crippen LogP contribution in [0.3, 0.4) is 0 Å². The molecule has 1 aromatic carbocycles. The number of hydrogen-bond acceptors (Lipinski definition) is 8. The number of rotatable bonds is 14. The van der Waals surface area contributed by atoms with Crippen LogP contribution < -0.4 is 9.47 Å². The summed E-state index contributed by atoms with van der Waals surface area (Å²) in [5.74, 6) is -3.70. The number of carbonyl (C=O) groups excluding carboxylic acids is 2. The van der Waals surface area contributed by atoms with Crippen LogP contribution in [0.15, 0.2) is 12.1 Å². The zero-order chi connectivity index (χ0) is 22.5. The van der Waals surface area contributed by atoms with Crippen molar-refractivity contribution in [1.29, 1.82) is 0 Å². The van der Waals surface area contributed by atoms with E-state index in [0.29, 0.717) is 0 Å². The highest BCUT2D eigenvalue weighted by Crippen LogP contribution is 2.30. The number of carboxylic acid groups (broad SMARTS) is 2. The molecular formula is C20H26O10. The van der Waals surface area contributed by atoms with Crippen molar-refractivity contribution in [3.8, 4) is 11.5 Å². The predicted molar refractivity (Wildman–Crippen MR) is 103 cm³/mol. The molecule has 0 bridgehead atoms. The van der Waals surface area contributed by atoms with Gasteiger partial charge in [0.15, 0.2) is 0 Å². The Labute approximate surface area is 173 Å². The van der Waals surface area contributed by atoms with Crippen molar-refractivity contribution in [3.05, 3.63) is 23.3 Å². The van der Waals surface area contributed by atoms with Crippen molar-refractivity contribution in [3.63, 3.8) is 0 Å². The van der Waals surface area contributed by atoms with Gasteiger partial charge in [0.1, 0.15) is 22.6 Å². The standard InChI is InChI=1S/C20H26O10/c1-3-27-17(21)7-5-9-29-15-12-16(30-10-6-8-18(22)28-4-2)14(20(25)26)11-13(15)19(23)24/h11-12H,3-10H2,1-2H3,(H,23,24)(H,25,26). The van der Waals surface area contributed by atoms with Crippen LogP contribution in [0.4, 0.5) is 0 Å². The van der Waals surface area contributed by atoms with Crippen molar-refractivity contribution < 1.29 is 48.3 Å². The molecule has 10 heteroatoms. The lowest BCUT2D eigenvalue weighted by atomic mass is 10.1. The van der Waals surface area contributed by atoms with Gasteiger partial charge in [0.25, 0.3) is 0 Å². The van der Waals surface area contributed by atoms with Crippen LogP contribution in [0.5, 0.6) is 11.5 Å². The number of benzene rings is 1. The quantitative estimate of drug-likeness (QED) is 0.336. The fourth-order valence-corrected chi connectivity index (χ4v) is 2.40. The lowest BCUT2D eigenvalue weighted by Crippen LogP contribution is -2.12. The smallest absolute Gasteiger partial charge is 0.339 e. The van der Waals surface area contributed by atoms with Gasteiger partial charge in [0.2, 0.25) is 0 Å². The Hall–Kier alpha value is -3.30. The summed E-state index contributed by atoms with van der Waals surface area (Å²) in [5, 5.41) is 18.7. The first-order chi connectivity index (χ1) is 14.3. The SMILES string of the molecule is CCOC(=O)CCCOc1cc(OCCCC(=O)OCC)c(C(=O)O)cc1C(=O)O. The minimum absolute atomic E-state index is 0.0216. The van der Waals surface area contributed by atoms with E-state index < -0.39 is 23.9 Å². The first-order valence-electron chi connectivity index (χ1n) is 9.51.